The number of halogens is 1. The highest BCUT2D eigenvalue weighted by atomic mass is 35.5. The number of hydrogen-bond donors (Lipinski definition) is 1. The van der Waals surface area contributed by atoms with Crippen molar-refractivity contribution in [2.24, 2.45) is 0 Å². The summed E-state index contributed by atoms with van der Waals surface area (Å²) in [6, 6.07) is 6.43. The maximum absolute atomic E-state index is 6.16. The van der Waals surface area contributed by atoms with Gasteiger partial charge in [-0.3, -0.25) is 0 Å². The van der Waals surface area contributed by atoms with E-state index in [2.05, 4.69) is 29.8 Å². The van der Waals surface area contributed by atoms with E-state index in [0.29, 0.717) is 0 Å². The van der Waals surface area contributed by atoms with Gasteiger partial charge >= 0.3 is 0 Å². The van der Waals surface area contributed by atoms with Gasteiger partial charge in [0.15, 0.2) is 0 Å². The Labute approximate surface area is 103 Å². The molecule has 0 saturated heterocycles. The van der Waals surface area contributed by atoms with Gasteiger partial charge in [0.2, 0.25) is 0 Å². The van der Waals surface area contributed by atoms with Crippen LogP contribution in [0.1, 0.15) is 22.7 Å². The average molecular weight is 258 g/mol. The molecule has 1 atom stereocenters. The van der Waals surface area contributed by atoms with Crippen molar-refractivity contribution in [3.63, 3.8) is 0 Å². The number of rotatable bonds is 4. The van der Waals surface area contributed by atoms with Gasteiger partial charge in [-0.2, -0.15) is 0 Å². The van der Waals surface area contributed by atoms with E-state index in [1.54, 1.807) is 22.7 Å². The predicted molar refractivity (Wildman–Crippen MR) is 69.2 cm³/mol. The van der Waals surface area contributed by atoms with Crippen LogP contribution in [0.2, 0.25) is 5.02 Å². The smallest absolute Gasteiger partial charge is 0.0779 e. The van der Waals surface area contributed by atoms with Crippen LogP contribution >= 0.6 is 34.3 Å². The van der Waals surface area contributed by atoms with Crippen LogP contribution in [0.15, 0.2) is 29.0 Å². The summed E-state index contributed by atoms with van der Waals surface area (Å²) in [5, 5.41) is 8.46. The van der Waals surface area contributed by atoms with E-state index in [1.165, 1.54) is 9.75 Å². The Hall–Kier alpha value is -0.350. The zero-order valence-electron chi connectivity index (χ0n) is 8.37. The van der Waals surface area contributed by atoms with Gasteiger partial charge in [0.05, 0.1) is 11.1 Å². The van der Waals surface area contributed by atoms with Crippen molar-refractivity contribution in [1.29, 1.82) is 0 Å². The lowest BCUT2D eigenvalue weighted by molar-refractivity contribution is 0.649. The molecule has 0 bridgehead atoms. The van der Waals surface area contributed by atoms with Crippen LogP contribution in [-0.2, 0) is 0 Å². The predicted octanol–water partition coefficient (Wildman–Crippen LogP) is 4.16. The van der Waals surface area contributed by atoms with Crippen molar-refractivity contribution in [3.05, 3.63) is 43.7 Å². The van der Waals surface area contributed by atoms with Crippen molar-refractivity contribution in [2.75, 3.05) is 6.54 Å². The van der Waals surface area contributed by atoms with E-state index in [1.807, 2.05) is 11.4 Å². The van der Waals surface area contributed by atoms with Gasteiger partial charge in [0.25, 0.3) is 0 Å². The van der Waals surface area contributed by atoms with Crippen LogP contribution in [0, 0.1) is 0 Å². The van der Waals surface area contributed by atoms with Crippen molar-refractivity contribution < 1.29 is 0 Å². The Kier molecular flexibility index (Phi) is 3.81. The van der Waals surface area contributed by atoms with E-state index >= 15 is 0 Å². The van der Waals surface area contributed by atoms with Crippen molar-refractivity contribution >= 4 is 34.3 Å². The summed E-state index contributed by atoms with van der Waals surface area (Å²) in [7, 11) is 0. The Balaban J connectivity index is 2.32. The minimum Gasteiger partial charge on any atom is -0.305 e. The van der Waals surface area contributed by atoms with Crippen LogP contribution < -0.4 is 5.32 Å². The fourth-order valence-corrected chi connectivity index (χ4v) is 3.64. The van der Waals surface area contributed by atoms with Gasteiger partial charge in [0, 0.05) is 9.75 Å². The molecule has 0 aliphatic heterocycles. The summed E-state index contributed by atoms with van der Waals surface area (Å²) < 4.78 is 0. The third kappa shape index (κ3) is 2.42. The molecule has 0 aromatic carbocycles. The number of thiophene rings is 2. The normalized spacial score (nSPS) is 12.9. The summed E-state index contributed by atoms with van der Waals surface area (Å²) in [5.74, 6) is 0. The van der Waals surface area contributed by atoms with Crippen LogP contribution in [0.25, 0.3) is 0 Å². The fraction of sp³-hybridized carbons (Fsp3) is 0.273. The van der Waals surface area contributed by atoms with E-state index in [0.717, 1.165) is 11.6 Å². The lowest BCUT2D eigenvalue weighted by atomic mass is 10.2. The third-order valence-corrected chi connectivity index (χ3v) is 4.50. The average Bonchev–Trinajstić information content (AvgIpc) is 2.85. The standard InChI is InChI=1S/C11H12ClNS2/c1-2-13-10(9-4-3-6-14-9)11-8(12)5-7-15-11/h3-7,10,13H,2H2,1H3. The maximum Gasteiger partial charge on any atom is 0.0779 e. The van der Waals surface area contributed by atoms with Crippen molar-refractivity contribution in [2.45, 2.75) is 13.0 Å². The van der Waals surface area contributed by atoms with Gasteiger partial charge in [-0.25, -0.2) is 0 Å². The van der Waals surface area contributed by atoms with E-state index in [4.69, 9.17) is 11.6 Å². The largest absolute Gasteiger partial charge is 0.305 e. The molecule has 0 aliphatic carbocycles. The molecule has 2 rings (SSSR count). The Bertz CT molecular complexity index is 408. The molecule has 1 N–H and O–H groups in total. The van der Waals surface area contributed by atoms with Gasteiger partial charge in [-0.1, -0.05) is 24.6 Å². The molecule has 0 amide bonds. The minimum absolute atomic E-state index is 0.252. The quantitative estimate of drug-likeness (QED) is 0.867. The van der Waals surface area contributed by atoms with Gasteiger partial charge in [-0.15, -0.1) is 22.7 Å². The monoisotopic (exact) mass is 257 g/mol. The molecule has 0 radical (unpaired) electrons. The summed E-state index contributed by atoms with van der Waals surface area (Å²) >= 11 is 9.63. The lowest BCUT2D eigenvalue weighted by Gasteiger charge is -2.15. The van der Waals surface area contributed by atoms with E-state index in [-0.39, 0.29) is 6.04 Å². The zero-order chi connectivity index (χ0) is 10.7. The van der Waals surface area contributed by atoms with E-state index < -0.39 is 0 Å². The molecule has 15 heavy (non-hydrogen) atoms. The van der Waals surface area contributed by atoms with Crippen LogP contribution in [0.4, 0.5) is 0 Å². The molecule has 80 valence electrons. The fourth-order valence-electron chi connectivity index (χ4n) is 1.49. The SMILES string of the molecule is CCNC(c1cccs1)c1sccc1Cl. The highest BCUT2D eigenvalue weighted by Crippen LogP contribution is 2.34. The van der Waals surface area contributed by atoms with E-state index in [9.17, 15) is 0 Å². The second kappa shape index (κ2) is 5.12. The maximum atomic E-state index is 6.16. The summed E-state index contributed by atoms with van der Waals surface area (Å²) in [6.07, 6.45) is 0. The first-order valence-corrected chi connectivity index (χ1v) is 6.96. The molecular formula is C11H12ClNS2. The van der Waals surface area contributed by atoms with Gasteiger partial charge in [-0.05, 0) is 29.4 Å². The molecule has 2 heterocycles. The second-order valence-corrected chi connectivity index (χ2v) is 5.47. The molecule has 1 unspecified atom stereocenters. The number of nitrogens with one attached hydrogen (secondary N) is 1. The van der Waals surface area contributed by atoms with Crippen molar-refractivity contribution in [3.8, 4) is 0 Å². The topological polar surface area (TPSA) is 12.0 Å². The summed E-state index contributed by atoms with van der Waals surface area (Å²) in [5.41, 5.74) is 0. The Morgan fingerprint density at radius 2 is 2.20 bits per heavy atom. The molecule has 4 heteroatoms. The van der Waals surface area contributed by atoms with Crippen LogP contribution in [0.3, 0.4) is 0 Å². The number of hydrogen-bond acceptors (Lipinski definition) is 3. The first-order chi connectivity index (χ1) is 7.33. The molecule has 0 spiro atoms. The molecule has 2 aromatic heterocycles. The summed E-state index contributed by atoms with van der Waals surface area (Å²) in [4.78, 5) is 2.53. The molecule has 0 fully saturated rings. The zero-order valence-corrected chi connectivity index (χ0v) is 10.8. The highest BCUT2D eigenvalue weighted by molar-refractivity contribution is 7.12. The Morgan fingerprint density at radius 1 is 1.33 bits per heavy atom. The van der Waals surface area contributed by atoms with Crippen LogP contribution in [0.5, 0.6) is 0 Å². The molecule has 1 nitrogen and oxygen atoms in total. The lowest BCUT2D eigenvalue weighted by Crippen LogP contribution is -2.20. The highest BCUT2D eigenvalue weighted by Gasteiger charge is 2.17. The van der Waals surface area contributed by atoms with Crippen LogP contribution in [-0.4, -0.2) is 6.54 Å². The second-order valence-electron chi connectivity index (χ2n) is 3.14. The van der Waals surface area contributed by atoms with Gasteiger partial charge < -0.3 is 5.32 Å². The molecular weight excluding hydrogens is 246 g/mol. The van der Waals surface area contributed by atoms with Gasteiger partial charge in [0.1, 0.15) is 0 Å². The molecule has 0 saturated carbocycles. The Morgan fingerprint density at radius 3 is 2.73 bits per heavy atom. The molecule has 2 aromatic rings. The van der Waals surface area contributed by atoms with Crippen molar-refractivity contribution in [1.82, 2.24) is 5.32 Å². The minimum atomic E-state index is 0.252. The first kappa shape index (κ1) is 11.1. The molecule has 0 aliphatic rings. The summed E-state index contributed by atoms with van der Waals surface area (Å²) in [6.45, 7) is 3.05. The third-order valence-electron chi connectivity index (χ3n) is 2.14. The first-order valence-electron chi connectivity index (χ1n) is 4.82.